The van der Waals surface area contributed by atoms with Crippen LogP contribution in [0.3, 0.4) is 0 Å². The van der Waals surface area contributed by atoms with E-state index in [4.69, 9.17) is 4.74 Å². The van der Waals surface area contributed by atoms with Gasteiger partial charge in [-0.15, -0.1) is 0 Å². The summed E-state index contributed by atoms with van der Waals surface area (Å²) < 4.78 is 19.9. The summed E-state index contributed by atoms with van der Waals surface area (Å²) in [6.07, 6.45) is 0. The smallest absolute Gasteiger partial charge is 0.360 e. The van der Waals surface area contributed by atoms with Crippen molar-refractivity contribution in [3.63, 3.8) is 0 Å². The van der Waals surface area contributed by atoms with Crippen LogP contribution >= 0.6 is 0 Å². The summed E-state index contributed by atoms with van der Waals surface area (Å²) in [6.45, 7) is 2.08. The molecule has 3 aromatic rings. The van der Waals surface area contributed by atoms with Crippen LogP contribution in [-0.2, 0) is 0 Å². The summed E-state index contributed by atoms with van der Waals surface area (Å²) >= 11 is 0. The van der Waals surface area contributed by atoms with E-state index in [1.165, 1.54) is 28.9 Å². The molecule has 0 fully saturated rings. The third-order valence-electron chi connectivity index (χ3n) is 3.45. The minimum atomic E-state index is -1.44. The summed E-state index contributed by atoms with van der Waals surface area (Å²) in [7, 11) is 0. The maximum atomic E-state index is 13.2. The molecule has 0 spiro atoms. The van der Waals surface area contributed by atoms with Gasteiger partial charge >= 0.3 is 5.97 Å². The molecule has 0 radical (unpaired) electrons. The molecule has 7 heteroatoms. The molecule has 0 saturated heterocycles. The van der Waals surface area contributed by atoms with Gasteiger partial charge in [0.15, 0.2) is 0 Å². The Morgan fingerprint density at radius 2 is 1.96 bits per heavy atom. The van der Waals surface area contributed by atoms with Gasteiger partial charge in [-0.1, -0.05) is 6.07 Å². The number of benzene rings is 2. The molecule has 6 nitrogen and oxygen atoms in total. The maximum absolute atomic E-state index is 13.2. The fraction of sp³-hybridized carbons (Fsp3) is 0.118. The van der Waals surface area contributed by atoms with Gasteiger partial charge in [-0.05, 0) is 43.3 Å². The molecule has 2 aromatic carbocycles. The SMILES string of the molecule is CCOc1cccc2c1c(=O)c(C(=O)O)nn2-c1ccc(F)cc1. The first-order valence-electron chi connectivity index (χ1n) is 7.21. The third-order valence-corrected chi connectivity index (χ3v) is 3.45. The quantitative estimate of drug-likeness (QED) is 0.796. The molecule has 1 N–H and O–H groups in total. The van der Waals surface area contributed by atoms with Gasteiger partial charge in [0.1, 0.15) is 11.6 Å². The van der Waals surface area contributed by atoms with Crippen molar-refractivity contribution in [2.24, 2.45) is 0 Å². The van der Waals surface area contributed by atoms with E-state index in [1.807, 2.05) is 0 Å². The van der Waals surface area contributed by atoms with Crippen LogP contribution in [0.15, 0.2) is 47.3 Å². The van der Waals surface area contributed by atoms with Gasteiger partial charge in [-0.25, -0.2) is 13.9 Å². The number of halogens is 1. The molecule has 0 unspecified atom stereocenters. The molecule has 0 saturated carbocycles. The molecular weight excluding hydrogens is 315 g/mol. The third kappa shape index (κ3) is 2.60. The van der Waals surface area contributed by atoms with E-state index in [9.17, 15) is 19.1 Å². The molecule has 1 aromatic heterocycles. The molecule has 0 bridgehead atoms. The number of aromatic carboxylic acids is 1. The number of nitrogens with zero attached hydrogens (tertiary/aromatic N) is 2. The van der Waals surface area contributed by atoms with E-state index in [-0.39, 0.29) is 11.1 Å². The van der Waals surface area contributed by atoms with Crippen molar-refractivity contribution in [2.45, 2.75) is 6.92 Å². The summed E-state index contributed by atoms with van der Waals surface area (Å²) in [6, 6.07) is 10.3. The van der Waals surface area contributed by atoms with E-state index in [1.54, 1.807) is 25.1 Å². The molecule has 1 heterocycles. The molecule has 0 amide bonds. The predicted molar refractivity (Wildman–Crippen MR) is 85.4 cm³/mol. The first-order chi connectivity index (χ1) is 11.5. The average molecular weight is 328 g/mol. The van der Waals surface area contributed by atoms with Crippen molar-refractivity contribution in [3.8, 4) is 11.4 Å². The fourth-order valence-electron chi connectivity index (χ4n) is 2.44. The van der Waals surface area contributed by atoms with Gasteiger partial charge in [-0.2, -0.15) is 5.10 Å². The van der Waals surface area contributed by atoms with Crippen molar-refractivity contribution in [3.05, 3.63) is 64.2 Å². The summed E-state index contributed by atoms with van der Waals surface area (Å²) in [5.74, 6) is -1.60. The van der Waals surface area contributed by atoms with E-state index in [0.29, 0.717) is 17.8 Å². The molecule has 0 atom stereocenters. The van der Waals surface area contributed by atoms with Gasteiger partial charge in [0, 0.05) is 0 Å². The number of ether oxygens (including phenoxy) is 1. The second-order valence-corrected chi connectivity index (χ2v) is 4.95. The van der Waals surface area contributed by atoms with Gasteiger partial charge in [0.25, 0.3) is 0 Å². The number of carbonyl (C=O) groups is 1. The lowest BCUT2D eigenvalue weighted by Gasteiger charge is -2.13. The van der Waals surface area contributed by atoms with E-state index in [2.05, 4.69) is 5.10 Å². The normalized spacial score (nSPS) is 10.8. The second-order valence-electron chi connectivity index (χ2n) is 4.95. The van der Waals surface area contributed by atoms with Crippen LogP contribution in [0, 0.1) is 5.82 Å². The Balaban J connectivity index is 2.43. The molecule has 24 heavy (non-hydrogen) atoms. The van der Waals surface area contributed by atoms with Crippen LogP contribution in [0.4, 0.5) is 4.39 Å². The van der Waals surface area contributed by atoms with Crippen LogP contribution in [0.25, 0.3) is 16.6 Å². The van der Waals surface area contributed by atoms with E-state index >= 15 is 0 Å². The van der Waals surface area contributed by atoms with Crippen molar-refractivity contribution in [2.75, 3.05) is 6.61 Å². The Morgan fingerprint density at radius 3 is 2.58 bits per heavy atom. The minimum absolute atomic E-state index is 0.121. The largest absolute Gasteiger partial charge is 0.493 e. The lowest BCUT2D eigenvalue weighted by molar-refractivity contribution is 0.0687. The number of carboxylic acid groups (broad SMARTS) is 1. The Labute approximate surface area is 135 Å². The molecule has 0 aliphatic heterocycles. The van der Waals surface area contributed by atoms with Gasteiger partial charge < -0.3 is 9.84 Å². The van der Waals surface area contributed by atoms with Gasteiger partial charge in [-0.3, -0.25) is 4.79 Å². The second kappa shape index (κ2) is 6.11. The lowest BCUT2D eigenvalue weighted by atomic mass is 10.1. The molecule has 122 valence electrons. The van der Waals surface area contributed by atoms with Crippen LogP contribution in [-0.4, -0.2) is 27.5 Å². The first kappa shape index (κ1) is 15.7. The van der Waals surface area contributed by atoms with Crippen LogP contribution in [0.1, 0.15) is 17.4 Å². The number of carboxylic acids is 1. The predicted octanol–water partition coefficient (Wildman–Crippen LogP) is 2.62. The van der Waals surface area contributed by atoms with E-state index < -0.39 is 22.9 Å². The summed E-state index contributed by atoms with van der Waals surface area (Å²) in [4.78, 5) is 23.9. The molecular formula is C17H13FN2O4. The first-order valence-corrected chi connectivity index (χ1v) is 7.21. The van der Waals surface area contributed by atoms with Crippen molar-refractivity contribution < 1.29 is 19.0 Å². The zero-order valence-electron chi connectivity index (χ0n) is 12.7. The average Bonchev–Trinajstić information content (AvgIpc) is 2.56. The summed E-state index contributed by atoms with van der Waals surface area (Å²) in [5, 5.41) is 13.3. The zero-order valence-corrected chi connectivity index (χ0v) is 12.7. The Kier molecular flexibility index (Phi) is 3.99. The monoisotopic (exact) mass is 328 g/mol. The number of fused-ring (bicyclic) bond motifs is 1. The maximum Gasteiger partial charge on any atom is 0.360 e. The number of hydrogen-bond acceptors (Lipinski definition) is 4. The van der Waals surface area contributed by atoms with E-state index in [0.717, 1.165) is 0 Å². The van der Waals surface area contributed by atoms with Crippen molar-refractivity contribution in [1.29, 1.82) is 0 Å². The highest BCUT2D eigenvalue weighted by Gasteiger charge is 2.20. The molecule has 0 aliphatic rings. The van der Waals surface area contributed by atoms with Crippen LogP contribution in [0.5, 0.6) is 5.75 Å². The number of rotatable bonds is 4. The minimum Gasteiger partial charge on any atom is -0.493 e. The lowest BCUT2D eigenvalue weighted by Crippen LogP contribution is -2.23. The topological polar surface area (TPSA) is 81.4 Å². The summed E-state index contributed by atoms with van der Waals surface area (Å²) in [5.41, 5.74) is -0.543. The van der Waals surface area contributed by atoms with Crippen LogP contribution < -0.4 is 10.2 Å². The van der Waals surface area contributed by atoms with Gasteiger partial charge in [0.05, 0.1) is 23.2 Å². The molecule has 3 rings (SSSR count). The van der Waals surface area contributed by atoms with Gasteiger partial charge in [0.2, 0.25) is 11.1 Å². The highest BCUT2D eigenvalue weighted by atomic mass is 19.1. The Morgan fingerprint density at radius 1 is 1.25 bits per heavy atom. The fourth-order valence-corrected chi connectivity index (χ4v) is 2.44. The zero-order chi connectivity index (χ0) is 17.3. The van der Waals surface area contributed by atoms with Crippen LogP contribution in [0.2, 0.25) is 0 Å². The highest BCUT2D eigenvalue weighted by Crippen LogP contribution is 2.24. The number of hydrogen-bond donors (Lipinski definition) is 1. The Hall–Kier alpha value is -3.22. The standard InChI is InChI=1S/C17H13FN2O4/c1-2-24-13-5-3-4-12-14(13)16(21)15(17(22)23)19-20(12)11-8-6-10(18)7-9-11/h3-9H,2H2,1H3,(H,22,23). The highest BCUT2D eigenvalue weighted by molar-refractivity contribution is 5.93. The Bertz CT molecular complexity index is 980. The van der Waals surface area contributed by atoms with Crippen molar-refractivity contribution >= 4 is 16.9 Å². The number of aromatic nitrogens is 2. The molecule has 0 aliphatic carbocycles. The van der Waals surface area contributed by atoms with Crippen molar-refractivity contribution in [1.82, 2.24) is 9.78 Å².